The summed E-state index contributed by atoms with van der Waals surface area (Å²) in [5, 5.41) is 6.29. The van der Waals surface area contributed by atoms with Crippen LogP contribution in [0.3, 0.4) is 0 Å². The molecule has 0 saturated heterocycles. The molecule has 2 atom stereocenters. The number of hydrogen-bond donors (Lipinski definition) is 3. The van der Waals surface area contributed by atoms with Gasteiger partial charge in [-0.25, -0.2) is 0 Å². The monoisotopic (exact) mass is 385 g/mol. The maximum atomic E-state index is 12.5. The van der Waals surface area contributed by atoms with Gasteiger partial charge in [-0.15, -0.1) is 11.8 Å². The standard InChI is InChI=1S/C21H27N3O2S/c1-15(12-13-17-8-4-3-5-9-17)23-21(26)16(2)24-18-10-6-7-11-19(18)27-14-20(22)25/h3-11,15-16,24H,12-14H2,1-2H3,(H2,22,25)(H,23,26)/t15-,16-/m1/s1. The molecule has 0 spiro atoms. The predicted molar refractivity (Wildman–Crippen MR) is 112 cm³/mol. The van der Waals surface area contributed by atoms with E-state index < -0.39 is 0 Å². The minimum atomic E-state index is -0.389. The molecule has 0 aliphatic heterocycles. The summed E-state index contributed by atoms with van der Waals surface area (Å²) in [5.41, 5.74) is 7.31. The van der Waals surface area contributed by atoms with Gasteiger partial charge in [0.2, 0.25) is 11.8 Å². The van der Waals surface area contributed by atoms with Gasteiger partial charge in [0.05, 0.1) is 5.75 Å². The number of benzene rings is 2. The lowest BCUT2D eigenvalue weighted by Crippen LogP contribution is -2.42. The summed E-state index contributed by atoms with van der Waals surface area (Å²) in [5.74, 6) is -0.214. The number of amides is 2. The second-order valence-corrected chi connectivity index (χ2v) is 7.57. The molecule has 0 bridgehead atoms. The van der Waals surface area contributed by atoms with Gasteiger partial charge in [-0.3, -0.25) is 9.59 Å². The molecule has 6 heteroatoms. The first-order chi connectivity index (χ1) is 13.0. The number of thioether (sulfide) groups is 1. The summed E-state index contributed by atoms with van der Waals surface area (Å²) < 4.78 is 0. The van der Waals surface area contributed by atoms with E-state index in [9.17, 15) is 9.59 Å². The van der Waals surface area contributed by atoms with E-state index in [1.165, 1.54) is 17.3 Å². The fourth-order valence-electron chi connectivity index (χ4n) is 2.63. The van der Waals surface area contributed by atoms with Crippen LogP contribution in [0, 0.1) is 0 Å². The number of rotatable bonds is 10. The number of primary amides is 1. The van der Waals surface area contributed by atoms with Crippen molar-refractivity contribution in [2.75, 3.05) is 11.1 Å². The highest BCUT2D eigenvalue weighted by Gasteiger charge is 2.16. The maximum Gasteiger partial charge on any atom is 0.242 e. The summed E-state index contributed by atoms with van der Waals surface area (Å²) in [4.78, 5) is 24.4. The summed E-state index contributed by atoms with van der Waals surface area (Å²) in [6.45, 7) is 3.85. The molecule has 0 aromatic heterocycles. The molecule has 5 nitrogen and oxygen atoms in total. The van der Waals surface area contributed by atoms with Gasteiger partial charge < -0.3 is 16.4 Å². The van der Waals surface area contributed by atoms with E-state index in [-0.39, 0.29) is 29.7 Å². The Morgan fingerprint density at radius 2 is 1.70 bits per heavy atom. The third-order valence-electron chi connectivity index (χ3n) is 4.12. The molecule has 4 N–H and O–H groups in total. The Kier molecular flexibility index (Phi) is 8.20. The van der Waals surface area contributed by atoms with Gasteiger partial charge >= 0.3 is 0 Å². The summed E-state index contributed by atoms with van der Waals surface area (Å²) in [7, 11) is 0. The molecule has 0 radical (unpaired) electrons. The van der Waals surface area contributed by atoms with Crippen molar-refractivity contribution in [2.45, 2.75) is 43.7 Å². The Bertz CT molecular complexity index is 752. The lowest BCUT2D eigenvalue weighted by molar-refractivity contribution is -0.122. The van der Waals surface area contributed by atoms with Crippen molar-refractivity contribution < 1.29 is 9.59 Å². The first kappa shape index (κ1) is 20.8. The number of aryl methyl sites for hydroxylation is 1. The third-order valence-corrected chi connectivity index (χ3v) is 5.22. The van der Waals surface area contributed by atoms with E-state index in [4.69, 9.17) is 5.73 Å². The van der Waals surface area contributed by atoms with Crippen LogP contribution in [0.1, 0.15) is 25.8 Å². The highest BCUT2D eigenvalue weighted by Crippen LogP contribution is 2.27. The zero-order valence-corrected chi connectivity index (χ0v) is 16.6. The van der Waals surface area contributed by atoms with E-state index in [0.29, 0.717) is 0 Å². The van der Waals surface area contributed by atoms with Crippen LogP contribution in [0.2, 0.25) is 0 Å². The topological polar surface area (TPSA) is 84.2 Å². The molecule has 0 saturated carbocycles. The Balaban J connectivity index is 1.85. The number of nitrogens with one attached hydrogen (secondary N) is 2. The van der Waals surface area contributed by atoms with Crippen molar-refractivity contribution in [3.8, 4) is 0 Å². The molecule has 2 amide bonds. The van der Waals surface area contributed by atoms with Gasteiger partial charge in [-0.1, -0.05) is 42.5 Å². The van der Waals surface area contributed by atoms with Crippen molar-refractivity contribution in [3.63, 3.8) is 0 Å². The van der Waals surface area contributed by atoms with Crippen LogP contribution < -0.4 is 16.4 Å². The Morgan fingerprint density at radius 1 is 1.04 bits per heavy atom. The predicted octanol–water partition coefficient (Wildman–Crippen LogP) is 3.20. The highest BCUT2D eigenvalue weighted by molar-refractivity contribution is 8.00. The Hall–Kier alpha value is -2.47. The van der Waals surface area contributed by atoms with Crippen molar-refractivity contribution in [1.29, 1.82) is 0 Å². The molecule has 0 unspecified atom stereocenters. The zero-order valence-electron chi connectivity index (χ0n) is 15.8. The largest absolute Gasteiger partial charge is 0.373 e. The van der Waals surface area contributed by atoms with E-state index in [2.05, 4.69) is 22.8 Å². The van der Waals surface area contributed by atoms with Crippen molar-refractivity contribution in [2.24, 2.45) is 5.73 Å². The lowest BCUT2D eigenvalue weighted by Gasteiger charge is -2.20. The molecule has 2 aromatic rings. The zero-order chi connectivity index (χ0) is 19.6. The van der Waals surface area contributed by atoms with Crippen LogP contribution in [0.15, 0.2) is 59.5 Å². The van der Waals surface area contributed by atoms with Crippen molar-refractivity contribution >= 4 is 29.3 Å². The first-order valence-electron chi connectivity index (χ1n) is 9.06. The van der Waals surface area contributed by atoms with Gasteiger partial charge in [0.1, 0.15) is 6.04 Å². The molecule has 0 fully saturated rings. The van der Waals surface area contributed by atoms with Crippen molar-refractivity contribution in [3.05, 3.63) is 60.2 Å². The van der Waals surface area contributed by atoms with Gasteiger partial charge in [-0.05, 0) is 44.4 Å². The van der Waals surface area contributed by atoms with Crippen LogP contribution in [-0.4, -0.2) is 29.7 Å². The highest BCUT2D eigenvalue weighted by atomic mass is 32.2. The number of carbonyl (C=O) groups excluding carboxylic acids is 2. The van der Waals surface area contributed by atoms with Gasteiger partial charge in [-0.2, -0.15) is 0 Å². The van der Waals surface area contributed by atoms with Crippen LogP contribution in [0.25, 0.3) is 0 Å². The Labute approximate surface area is 165 Å². The number of carbonyl (C=O) groups is 2. The third kappa shape index (κ3) is 7.35. The fraction of sp³-hybridized carbons (Fsp3) is 0.333. The molecule has 144 valence electrons. The lowest BCUT2D eigenvalue weighted by atomic mass is 10.1. The maximum absolute atomic E-state index is 12.5. The average molecular weight is 386 g/mol. The number of anilines is 1. The second kappa shape index (κ2) is 10.6. The molecule has 0 heterocycles. The molecule has 27 heavy (non-hydrogen) atoms. The average Bonchev–Trinajstić information content (AvgIpc) is 2.66. The van der Waals surface area contributed by atoms with Gasteiger partial charge in [0.15, 0.2) is 0 Å². The van der Waals surface area contributed by atoms with E-state index in [0.717, 1.165) is 23.4 Å². The second-order valence-electron chi connectivity index (χ2n) is 6.55. The fourth-order valence-corrected chi connectivity index (χ4v) is 3.38. The number of hydrogen-bond acceptors (Lipinski definition) is 4. The van der Waals surface area contributed by atoms with E-state index in [1.807, 2.05) is 56.3 Å². The number of nitrogens with two attached hydrogens (primary N) is 1. The van der Waals surface area contributed by atoms with Crippen LogP contribution in [0.4, 0.5) is 5.69 Å². The van der Waals surface area contributed by atoms with Gasteiger partial charge in [0.25, 0.3) is 0 Å². The van der Waals surface area contributed by atoms with Gasteiger partial charge in [0, 0.05) is 16.6 Å². The minimum Gasteiger partial charge on any atom is -0.373 e. The molecule has 0 aliphatic rings. The molecule has 0 aliphatic carbocycles. The quantitative estimate of drug-likeness (QED) is 0.548. The van der Waals surface area contributed by atoms with Crippen LogP contribution >= 0.6 is 11.8 Å². The summed E-state index contributed by atoms with van der Waals surface area (Å²) in [6, 6.07) is 17.5. The van der Waals surface area contributed by atoms with E-state index >= 15 is 0 Å². The van der Waals surface area contributed by atoms with E-state index in [1.54, 1.807) is 0 Å². The Morgan fingerprint density at radius 3 is 2.41 bits per heavy atom. The van der Waals surface area contributed by atoms with Crippen LogP contribution in [-0.2, 0) is 16.0 Å². The molecular weight excluding hydrogens is 358 g/mol. The first-order valence-corrected chi connectivity index (χ1v) is 10.0. The molecular formula is C21H27N3O2S. The minimum absolute atomic E-state index is 0.0507. The summed E-state index contributed by atoms with van der Waals surface area (Å²) >= 11 is 1.36. The van der Waals surface area contributed by atoms with Crippen molar-refractivity contribution in [1.82, 2.24) is 5.32 Å². The number of para-hydroxylation sites is 1. The molecule has 2 rings (SSSR count). The summed E-state index contributed by atoms with van der Waals surface area (Å²) in [6.07, 6.45) is 1.81. The van der Waals surface area contributed by atoms with Crippen LogP contribution in [0.5, 0.6) is 0 Å². The SMILES string of the molecule is C[C@H](CCc1ccccc1)NC(=O)[C@@H](C)Nc1ccccc1SCC(N)=O. The normalized spacial score (nSPS) is 12.8. The smallest absolute Gasteiger partial charge is 0.242 e. The molecule has 2 aromatic carbocycles.